The van der Waals surface area contributed by atoms with E-state index < -0.39 is 12.0 Å². The number of aliphatic carboxylic acids is 1. The van der Waals surface area contributed by atoms with Crippen molar-refractivity contribution in [3.05, 3.63) is 36.0 Å². The molecule has 2 N–H and O–H groups in total. The van der Waals surface area contributed by atoms with Crippen molar-refractivity contribution in [1.82, 2.24) is 9.88 Å². The molecule has 0 saturated heterocycles. The fourth-order valence-corrected chi connectivity index (χ4v) is 2.14. The smallest absolute Gasteiger partial charge is 0.326 e. The van der Waals surface area contributed by atoms with Crippen LogP contribution in [0.5, 0.6) is 0 Å². The van der Waals surface area contributed by atoms with Crippen LogP contribution in [0.3, 0.4) is 0 Å². The van der Waals surface area contributed by atoms with Crippen LogP contribution < -0.4 is 0 Å². The Morgan fingerprint density at radius 1 is 1.35 bits per heavy atom. The summed E-state index contributed by atoms with van der Waals surface area (Å²) >= 11 is 0. The molecule has 5 nitrogen and oxygen atoms in total. The molecule has 2 rings (SSSR count). The van der Waals surface area contributed by atoms with E-state index in [0.717, 1.165) is 16.5 Å². The van der Waals surface area contributed by atoms with Crippen LogP contribution in [-0.4, -0.2) is 40.0 Å². The van der Waals surface area contributed by atoms with Gasteiger partial charge in [0.1, 0.15) is 6.04 Å². The van der Waals surface area contributed by atoms with Crippen LogP contribution in [0.4, 0.5) is 0 Å². The van der Waals surface area contributed by atoms with Gasteiger partial charge in [-0.3, -0.25) is 4.79 Å². The van der Waals surface area contributed by atoms with Crippen molar-refractivity contribution in [2.45, 2.75) is 25.8 Å². The van der Waals surface area contributed by atoms with Gasteiger partial charge in [-0.05, 0) is 25.0 Å². The van der Waals surface area contributed by atoms with Crippen LogP contribution in [0.25, 0.3) is 10.9 Å². The third kappa shape index (κ3) is 2.82. The summed E-state index contributed by atoms with van der Waals surface area (Å²) in [4.78, 5) is 27.3. The van der Waals surface area contributed by atoms with Crippen LogP contribution in [-0.2, 0) is 16.0 Å². The van der Waals surface area contributed by atoms with Crippen LogP contribution >= 0.6 is 0 Å². The molecule has 20 heavy (non-hydrogen) atoms. The molecule has 1 unspecified atom stereocenters. The average molecular weight is 274 g/mol. The molecular weight excluding hydrogens is 256 g/mol. The Hall–Kier alpha value is -2.30. The summed E-state index contributed by atoms with van der Waals surface area (Å²) in [5.41, 5.74) is 2.12. The van der Waals surface area contributed by atoms with Gasteiger partial charge >= 0.3 is 5.97 Å². The third-order valence-corrected chi connectivity index (χ3v) is 3.61. The van der Waals surface area contributed by atoms with Crippen LogP contribution in [0.2, 0.25) is 0 Å². The number of fused-ring (bicyclic) bond motifs is 1. The molecule has 1 aromatic heterocycles. The van der Waals surface area contributed by atoms with Crippen molar-refractivity contribution < 1.29 is 14.7 Å². The van der Waals surface area contributed by atoms with Gasteiger partial charge in [-0.2, -0.15) is 0 Å². The largest absolute Gasteiger partial charge is 0.480 e. The van der Waals surface area contributed by atoms with Gasteiger partial charge in [-0.15, -0.1) is 0 Å². The molecule has 0 spiro atoms. The number of rotatable bonds is 5. The average Bonchev–Trinajstić information content (AvgIpc) is 2.86. The molecule has 1 aromatic carbocycles. The highest BCUT2D eigenvalue weighted by Crippen LogP contribution is 2.19. The Labute approximate surface area is 117 Å². The van der Waals surface area contributed by atoms with Gasteiger partial charge in [0.15, 0.2) is 0 Å². The molecule has 0 bridgehead atoms. The predicted molar refractivity (Wildman–Crippen MR) is 76.5 cm³/mol. The van der Waals surface area contributed by atoms with E-state index in [1.807, 2.05) is 30.5 Å². The van der Waals surface area contributed by atoms with Crippen molar-refractivity contribution >= 4 is 22.8 Å². The molecule has 106 valence electrons. The maximum Gasteiger partial charge on any atom is 0.326 e. The number of likely N-dealkylation sites (N-methyl/N-ethyl adjacent to an activating group) is 1. The van der Waals surface area contributed by atoms with Crippen molar-refractivity contribution in [3.63, 3.8) is 0 Å². The van der Waals surface area contributed by atoms with E-state index in [2.05, 4.69) is 4.98 Å². The zero-order valence-electron chi connectivity index (χ0n) is 11.6. The van der Waals surface area contributed by atoms with Crippen molar-refractivity contribution in [3.8, 4) is 0 Å². The number of H-pyrrole nitrogens is 1. The van der Waals surface area contributed by atoms with Gasteiger partial charge in [0.2, 0.25) is 5.91 Å². The quantitative estimate of drug-likeness (QED) is 0.876. The Bertz CT molecular complexity index is 633. The molecule has 0 aliphatic heterocycles. The maximum atomic E-state index is 12.0. The summed E-state index contributed by atoms with van der Waals surface area (Å²) in [5.74, 6) is -1.15. The van der Waals surface area contributed by atoms with Crippen molar-refractivity contribution in [1.29, 1.82) is 0 Å². The number of aromatic nitrogens is 1. The number of hydrogen-bond acceptors (Lipinski definition) is 2. The standard InChI is InChI=1S/C15H18N2O3/c1-10(15(19)20)17(2)14(18)8-7-11-9-16-13-6-4-3-5-12(11)13/h3-6,9-10,16H,7-8H2,1-2H3,(H,19,20). The van der Waals surface area contributed by atoms with Gasteiger partial charge in [-0.1, -0.05) is 18.2 Å². The number of carboxylic acids is 1. The van der Waals surface area contributed by atoms with E-state index in [1.165, 1.54) is 18.9 Å². The Morgan fingerprint density at radius 2 is 2.05 bits per heavy atom. The molecule has 0 saturated carbocycles. The van der Waals surface area contributed by atoms with Gasteiger partial charge in [0, 0.05) is 30.6 Å². The van der Waals surface area contributed by atoms with Crippen LogP contribution in [0.1, 0.15) is 18.9 Å². The number of carbonyl (C=O) groups is 2. The summed E-state index contributed by atoms with van der Waals surface area (Å²) in [6.45, 7) is 1.51. The zero-order valence-corrected chi connectivity index (χ0v) is 11.6. The lowest BCUT2D eigenvalue weighted by Crippen LogP contribution is -2.40. The number of carboxylic acid groups (broad SMARTS) is 1. The van der Waals surface area contributed by atoms with E-state index in [4.69, 9.17) is 5.11 Å². The van der Waals surface area contributed by atoms with Gasteiger partial charge < -0.3 is 15.0 Å². The van der Waals surface area contributed by atoms with Crippen LogP contribution in [0, 0.1) is 0 Å². The molecule has 0 aliphatic rings. The summed E-state index contributed by atoms with van der Waals surface area (Å²) in [6.07, 6.45) is 2.80. The molecular formula is C15H18N2O3. The monoisotopic (exact) mass is 274 g/mol. The first-order valence-corrected chi connectivity index (χ1v) is 6.54. The fraction of sp³-hybridized carbons (Fsp3) is 0.333. The van der Waals surface area contributed by atoms with Gasteiger partial charge in [0.05, 0.1) is 0 Å². The highest BCUT2D eigenvalue weighted by atomic mass is 16.4. The lowest BCUT2D eigenvalue weighted by Gasteiger charge is -2.21. The zero-order chi connectivity index (χ0) is 14.7. The van der Waals surface area contributed by atoms with Gasteiger partial charge in [-0.25, -0.2) is 4.79 Å². The van der Waals surface area contributed by atoms with Gasteiger partial charge in [0.25, 0.3) is 0 Å². The molecule has 2 aromatic rings. The second kappa shape index (κ2) is 5.77. The fourth-order valence-electron chi connectivity index (χ4n) is 2.14. The summed E-state index contributed by atoms with van der Waals surface area (Å²) in [7, 11) is 1.52. The highest BCUT2D eigenvalue weighted by Gasteiger charge is 2.21. The molecule has 1 heterocycles. The predicted octanol–water partition coefficient (Wildman–Crippen LogP) is 2.03. The summed E-state index contributed by atoms with van der Waals surface area (Å²) in [6, 6.07) is 7.11. The lowest BCUT2D eigenvalue weighted by atomic mass is 10.1. The Kier molecular flexibility index (Phi) is 4.08. The number of carbonyl (C=O) groups excluding carboxylic acids is 1. The second-order valence-corrected chi connectivity index (χ2v) is 4.88. The first kappa shape index (κ1) is 14.1. The number of nitrogens with zero attached hydrogens (tertiary/aromatic N) is 1. The molecule has 1 atom stereocenters. The van der Waals surface area contributed by atoms with Crippen molar-refractivity contribution in [2.75, 3.05) is 7.05 Å². The number of amides is 1. The number of nitrogens with one attached hydrogen (secondary N) is 1. The highest BCUT2D eigenvalue weighted by molar-refractivity contribution is 5.85. The number of aryl methyl sites for hydroxylation is 1. The van der Waals surface area contributed by atoms with Crippen molar-refractivity contribution in [2.24, 2.45) is 0 Å². The second-order valence-electron chi connectivity index (χ2n) is 4.88. The maximum absolute atomic E-state index is 12.0. The summed E-state index contributed by atoms with van der Waals surface area (Å²) in [5, 5.41) is 10.0. The van der Waals surface area contributed by atoms with E-state index in [-0.39, 0.29) is 5.91 Å². The molecule has 0 radical (unpaired) electrons. The number of para-hydroxylation sites is 1. The van der Waals surface area contributed by atoms with E-state index in [1.54, 1.807) is 0 Å². The number of aromatic amines is 1. The molecule has 0 fully saturated rings. The third-order valence-electron chi connectivity index (χ3n) is 3.61. The topological polar surface area (TPSA) is 73.4 Å². The SMILES string of the molecule is CC(C(=O)O)N(C)C(=O)CCc1c[nH]c2ccccc12. The summed E-state index contributed by atoms with van der Waals surface area (Å²) < 4.78 is 0. The minimum absolute atomic E-state index is 0.162. The Morgan fingerprint density at radius 3 is 2.75 bits per heavy atom. The Balaban J connectivity index is 2.02. The molecule has 1 amide bonds. The minimum Gasteiger partial charge on any atom is -0.480 e. The molecule has 5 heteroatoms. The first-order chi connectivity index (χ1) is 9.50. The first-order valence-electron chi connectivity index (χ1n) is 6.54. The molecule has 0 aliphatic carbocycles. The normalized spacial score (nSPS) is 12.3. The lowest BCUT2D eigenvalue weighted by molar-refractivity contribution is -0.148. The van der Waals surface area contributed by atoms with E-state index in [9.17, 15) is 9.59 Å². The number of hydrogen-bond donors (Lipinski definition) is 2. The van der Waals surface area contributed by atoms with E-state index >= 15 is 0 Å². The number of benzene rings is 1. The van der Waals surface area contributed by atoms with E-state index in [0.29, 0.717) is 12.8 Å². The van der Waals surface area contributed by atoms with Crippen LogP contribution in [0.15, 0.2) is 30.5 Å². The minimum atomic E-state index is -0.993.